The molecule has 0 aromatic heterocycles. The molecule has 1 fully saturated rings. The Morgan fingerprint density at radius 1 is 1.26 bits per heavy atom. The predicted molar refractivity (Wildman–Crippen MR) is 89.6 cm³/mol. The maximum atomic E-state index is 12.3. The van der Waals surface area contributed by atoms with Crippen LogP contribution in [0.5, 0.6) is 0 Å². The Morgan fingerprint density at radius 3 is 2.78 bits per heavy atom. The van der Waals surface area contributed by atoms with Crippen LogP contribution < -0.4 is 10.6 Å². The van der Waals surface area contributed by atoms with Crippen molar-refractivity contribution in [3.05, 3.63) is 29.8 Å². The highest BCUT2D eigenvalue weighted by Gasteiger charge is 2.19. The van der Waals surface area contributed by atoms with Gasteiger partial charge in [0.05, 0.1) is 6.54 Å². The minimum Gasteiger partial charge on any atom is -0.385 e. The summed E-state index contributed by atoms with van der Waals surface area (Å²) in [5.74, 6) is -0.0792. The molecule has 0 spiro atoms. The number of hydrogen-bond donors (Lipinski definition) is 2. The van der Waals surface area contributed by atoms with Crippen LogP contribution in [0.3, 0.4) is 0 Å². The van der Waals surface area contributed by atoms with E-state index in [0.29, 0.717) is 17.9 Å². The topological polar surface area (TPSA) is 70.7 Å². The van der Waals surface area contributed by atoms with E-state index in [-0.39, 0.29) is 18.4 Å². The van der Waals surface area contributed by atoms with Gasteiger partial charge in [-0.3, -0.25) is 9.59 Å². The molecule has 0 unspecified atom stereocenters. The fraction of sp³-hybridized carbons (Fsp3) is 0.529. The van der Waals surface area contributed by atoms with Crippen LogP contribution in [-0.4, -0.2) is 56.6 Å². The summed E-state index contributed by atoms with van der Waals surface area (Å²) in [6.07, 6.45) is 3.00. The minimum atomic E-state index is -0.117. The Balaban J connectivity index is 1.82. The van der Waals surface area contributed by atoms with Gasteiger partial charge in [-0.25, -0.2) is 0 Å². The molecular weight excluding hydrogens is 294 g/mol. The molecule has 1 heterocycles. The van der Waals surface area contributed by atoms with Crippen LogP contribution in [0.15, 0.2) is 24.3 Å². The number of nitrogens with zero attached hydrogens (tertiary/aromatic N) is 1. The van der Waals surface area contributed by atoms with Crippen molar-refractivity contribution in [2.75, 3.05) is 45.2 Å². The molecule has 126 valence electrons. The molecular formula is C17H25N3O3. The van der Waals surface area contributed by atoms with Gasteiger partial charge in [-0.05, 0) is 44.0 Å². The summed E-state index contributed by atoms with van der Waals surface area (Å²) in [5, 5.41) is 5.87. The highest BCUT2D eigenvalue weighted by molar-refractivity contribution is 5.97. The van der Waals surface area contributed by atoms with Gasteiger partial charge in [-0.15, -0.1) is 0 Å². The van der Waals surface area contributed by atoms with E-state index >= 15 is 0 Å². The van der Waals surface area contributed by atoms with Gasteiger partial charge >= 0.3 is 0 Å². The maximum absolute atomic E-state index is 12.3. The number of rotatable bonds is 8. The van der Waals surface area contributed by atoms with Gasteiger partial charge in [0.15, 0.2) is 0 Å². The molecule has 1 aromatic rings. The average molecular weight is 319 g/mol. The van der Waals surface area contributed by atoms with Gasteiger partial charge < -0.3 is 20.3 Å². The maximum Gasteiger partial charge on any atom is 0.253 e. The molecule has 0 atom stereocenters. The predicted octanol–water partition coefficient (Wildman–Crippen LogP) is 1.49. The zero-order chi connectivity index (χ0) is 16.5. The molecule has 0 bridgehead atoms. The lowest BCUT2D eigenvalue weighted by molar-refractivity contribution is -0.115. The molecule has 1 saturated heterocycles. The number of carbonyl (C=O) groups is 2. The third-order valence-corrected chi connectivity index (χ3v) is 3.77. The average Bonchev–Trinajstić information content (AvgIpc) is 3.08. The van der Waals surface area contributed by atoms with Crippen LogP contribution in [0.25, 0.3) is 0 Å². The van der Waals surface area contributed by atoms with E-state index in [1.165, 1.54) is 0 Å². The molecule has 23 heavy (non-hydrogen) atoms. The largest absolute Gasteiger partial charge is 0.385 e. The molecule has 1 aromatic carbocycles. The second kappa shape index (κ2) is 9.27. The number of nitrogens with one attached hydrogen (secondary N) is 2. The molecule has 6 heteroatoms. The van der Waals surface area contributed by atoms with Crippen LogP contribution >= 0.6 is 0 Å². The lowest BCUT2D eigenvalue weighted by Crippen LogP contribution is -2.29. The van der Waals surface area contributed by atoms with Gasteiger partial charge in [0, 0.05) is 38.1 Å². The van der Waals surface area contributed by atoms with E-state index in [1.54, 1.807) is 31.4 Å². The SMILES string of the molecule is COCCCNCC(=O)Nc1cccc(C(=O)N2CCCC2)c1. The van der Waals surface area contributed by atoms with E-state index in [9.17, 15) is 9.59 Å². The number of ether oxygens (including phenoxy) is 1. The molecule has 1 aliphatic rings. The zero-order valence-corrected chi connectivity index (χ0v) is 13.6. The van der Waals surface area contributed by atoms with Crippen molar-refractivity contribution >= 4 is 17.5 Å². The third-order valence-electron chi connectivity index (χ3n) is 3.77. The van der Waals surface area contributed by atoms with E-state index in [4.69, 9.17) is 4.74 Å². The first-order chi connectivity index (χ1) is 11.2. The van der Waals surface area contributed by atoms with Gasteiger partial charge in [0.2, 0.25) is 5.91 Å². The van der Waals surface area contributed by atoms with E-state index < -0.39 is 0 Å². The Bertz CT molecular complexity index is 528. The molecule has 1 aliphatic heterocycles. The van der Waals surface area contributed by atoms with Crippen LogP contribution in [-0.2, 0) is 9.53 Å². The molecule has 2 rings (SSSR count). The second-order valence-electron chi connectivity index (χ2n) is 5.65. The summed E-state index contributed by atoms with van der Waals surface area (Å²) in [4.78, 5) is 26.1. The van der Waals surface area contributed by atoms with Gasteiger partial charge in [-0.2, -0.15) is 0 Å². The molecule has 2 amide bonds. The van der Waals surface area contributed by atoms with Gasteiger partial charge in [-0.1, -0.05) is 6.07 Å². The standard InChI is InChI=1S/C17H25N3O3/c1-23-11-5-8-18-13-16(21)19-15-7-4-6-14(12-15)17(22)20-9-2-3-10-20/h4,6-7,12,18H,2-3,5,8-11,13H2,1H3,(H,19,21). The minimum absolute atomic E-state index is 0.0382. The molecule has 0 saturated carbocycles. The molecule has 2 N–H and O–H groups in total. The summed E-state index contributed by atoms with van der Waals surface area (Å²) in [7, 11) is 1.66. The number of anilines is 1. The first-order valence-corrected chi connectivity index (χ1v) is 8.09. The Kier molecular flexibility index (Phi) is 7.03. The number of amides is 2. The molecule has 0 radical (unpaired) electrons. The van der Waals surface area contributed by atoms with Crippen LogP contribution in [0.1, 0.15) is 29.6 Å². The summed E-state index contributed by atoms with van der Waals surface area (Å²) in [6.45, 7) is 3.29. The van der Waals surface area contributed by atoms with Crippen molar-refractivity contribution in [2.24, 2.45) is 0 Å². The van der Waals surface area contributed by atoms with Crippen molar-refractivity contribution in [1.82, 2.24) is 10.2 Å². The summed E-state index contributed by atoms with van der Waals surface area (Å²) in [6, 6.07) is 7.12. The van der Waals surface area contributed by atoms with E-state index in [0.717, 1.165) is 38.9 Å². The van der Waals surface area contributed by atoms with E-state index in [1.807, 2.05) is 4.90 Å². The number of likely N-dealkylation sites (tertiary alicyclic amines) is 1. The van der Waals surface area contributed by atoms with Crippen molar-refractivity contribution < 1.29 is 14.3 Å². The smallest absolute Gasteiger partial charge is 0.253 e. The number of hydrogen-bond acceptors (Lipinski definition) is 4. The summed E-state index contributed by atoms with van der Waals surface area (Å²) >= 11 is 0. The van der Waals surface area contributed by atoms with Gasteiger partial charge in [0.1, 0.15) is 0 Å². The van der Waals surface area contributed by atoms with E-state index in [2.05, 4.69) is 10.6 Å². The summed E-state index contributed by atoms with van der Waals surface area (Å²) in [5.41, 5.74) is 1.27. The number of methoxy groups -OCH3 is 1. The molecule has 6 nitrogen and oxygen atoms in total. The Hall–Kier alpha value is -1.92. The Morgan fingerprint density at radius 2 is 2.04 bits per heavy atom. The van der Waals surface area contributed by atoms with Crippen molar-refractivity contribution in [1.29, 1.82) is 0 Å². The lowest BCUT2D eigenvalue weighted by atomic mass is 10.1. The van der Waals surface area contributed by atoms with Crippen LogP contribution in [0, 0.1) is 0 Å². The zero-order valence-electron chi connectivity index (χ0n) is 13.6. The van der Waals surface area contributed by atoms with Crippen LogP contribution in [0.2, 0.25) is 0 Å². The number of carbonyl (C=O) groups excluding carboxylic acids is 2. The third kappa shape index (κ3) is 5.65. The normalized spacial score (nSPS) is 14.0. The summed E-state index contributed by atoms with van der Waals surface area (Å²) < 4.78 is 4.95. The van der Waals surface area contributed by atoms with Crippen LogP contribution in [0.4, 0.5) is 5.69 Å². The lowest BCUT2D eigenvalue weighted by Gasteiger charge is -2.15. The van der Waals surface area contributed by atoms with Crippen molar-refractivity contribution in [2.45, 2.75) is 19.3 Å². The van der Waals surface area contributed by atoms with Crippen molar-refractivity contribution in [3.8, 4) is 0 Å². The number of benzene rings is 1. The quantitative estimate of drug-likeness (QED) is 0.712. The fourth-order valence-electron chi connectivity index (χ4n) is 2.58. The van der Waals surface area contributed by atoms with Crippen molar-refractivity contribution in [3.63, 3.8) is 0 Å². The monoisotopic (exact) mass is 319 g/mol. The fourth-order valence-corrected chi connectivity index (χ4v) is 2.58. The first kappa shape index (κ1) is 17.4. The Labute approximate surface area is 137 Å². The van der Waals surface area contributed by atoms with Gasteiger partial charge in [0.25, 0.3) is 5.91 Å². The molecule has 0 aliphatic carbocycles. The first-order valence-electron chi connectivity index (χ1n) is 8.09. The highest BCUT2D eigenvalue weighted by Crippen LogP contribution is 2.16. The highest BCUT2D eigenvalue weighted by atomic mass is 16.5. The second-order valence-corrected chi connectivity index (χ2v) is 5.65.